The van der Waals surface area contributed by atoms with Crippen molar-refractivity contribution in [3.05, 3.63) is 17.0 Å². The standard InChI is InChI=1S/C16H26N4/c1-2-15-14-11-19(6-5-16(14)18-17-15)7-8-20-10-12-3-4-13(20)9-12/h12-13H,2-11H2,1H3,(H,17,18)/t12-,13+/m0/s1. The molecular weight excluding hydrogens is 248 g/mol. The van der Waals surface area contributed by atoms with Crippen LogP contribution in [0.2, 0.25) is 0 Å². The van der Waals surface area contributed by atoms with Gasteiger partial charge in [0.2, 0.25) is 0 Å². The Bertz CT molecular complexity index is 467. The van der Waals surface area contributed by atoms with Crippen molar-refractivity contribution in [2.24, 2.45) is 5.92 Å². The van der Waals surface area contributed by atoms with Gasteiger partial charge in [-0.2, -0.15) is 5.10 Å². The zero-order valence-electron chi connectivity index (χ0n) is 12.6. The fourth-order valence-electron chi connectivity index (χ4n) is 4.46. The Labute approximate surface area is 121 Å². The number of aromatic nitrogens is 2. The molecule has 0 aromatic carbocycles. The molecule has 2 fully saturated rings. The van der Waals surface area contributed by atoms with Crippen molar-refractivity contribution >= 4 is 0 Å². The molecule has 1 saturated heterocycles. The van der Waals surface area contributed by atoms with Gasteiger partial charge in [0.25, 0.3) is 0 Å². The number of aryl methyl sites for hydroxylation is 1. The van der Waals surface area contributed by atoms with E-state index in [1.54, 1.807) is 0 Å². The summed E-state index contributed by atoms with van der Waals surface area (Å²) in [6, 6.07) is 0.917. The van der Waals surface area contributed by atoms with Gasteiger partial charge in [-0.1, -0.05) is 6.92 Å². The number of fused-ring (bicyclic) bond motifs is 3. The molecule has 1 saturated carbocycles. The number of rotatable bonds is 4. The van der Waals surface area contributed by atoms with E-state index in [1.165, 1.54) is 62.4 Å². The minimum atomic E-state index is 0.917. The number of piperidine rings is 1. The van der Waals surface area contributed by atoms with Crippen LogP contribution >= 0.6 is 0 Å². The van der Waals surface area contributed by atoms with Crippen molar-refractivity contribution < 1.29 is 0 Å². The largest absolute Gasteiger partial charge is 0.299 e. The zero-order chi connectivity index (χ0) is 13.5. The maximum absolute atomic E-state index is 4.46. The fourth-order valence-corrected chi connectivity index (χ4v) is 4.46. The highest BCUT2D eigenvalue weighted by atomic mass is 15.2. The van der Waals surface area contributed by atoms with Crippen molar-refractivity contribution in [1.29, 1.82) is 0 Å². The number of aromatic amines is 1. The fraction of sp³-hybridized carbons (Fsp3) is 0.812. The maximum Gasteiger partial charge on any atom is 0.0667 e. The van der Waals surface area contributed by atoms with Gasteiger partial charge >= 0.3 is 0 Å². The Hall–Kier alpha value is -0.870. The summed E-state index contributed by atoms with van der Waals surface area (Å²) in [6.45, 7) is 8.38. The summed E-state index contributed by atoms with van der Waals surface area (Å²) in [5.74, 6) is 1.02. The molecule has 1 aromatic rings. The van der Waals surface area contributed by atoms with Crippen LogP contribution in [0.4, 0.5) is 0 Å². The third-order valence-electron chi connectivity index (χ3n) is 5.66. The molecule has 3 heterocycles. The molecule has 20 heavy (non-hydrogen) atoms. The average Bonchev–Trinajstić information content (AvgIpc) is 3.19. The van der Waals surface area contributed by atoms with Crippen molar-refractivity contribution in [2.45, 2.75) is 51.6 Å². The molecule has 3 aliphatic rings. The smallest absolute Gasteiger partial charge is 0.0667 e. The van der Waals surface area contributed by atoms with Crippen LogP contribution in [-0.4, -0.2) is 52.2 Å². The molecule has 4 rings (SSSR count). The lowest BCUT2D eigenvalue weighted by Crippen LogP contribution is -2.41. The average molecular weight is 274 g/mol. The van der Waals surface area contributed by atoms with Gasteiger partial charge in [0.05, 0.1) is 5.69 Å². The van der Waals surface area contributed by atoms with E-state index in [4.69, 9.17) is 0 Å². The summed E-state index contributed by atoms with van der Waals surface area (Å²) in [5, 5.41) is 7.69. The van der Waals surface area contributed by atoms with Crippen molar-refractivity contribution in [3.63, 3.8) is 0 Å². The number of H-pyrrole nitrogens is 1. The van der Waals surface area contributed by atoms with E-state index < -0.39 is 0 Å². The van der Waals surface area contributed by atoms with Gasteiger partial charge < -0.3 is 0 Å². The Morgan fingerprint density at radius 3 is 3.00 bits per heavy atom. The maximum atomic E-state index is 4.46. The van der Waals surface area contributed by atoms with Crippen LogP contribution < -0.4 is 0 Å². The number of nitrogens with zero attached hydrogens (tertiary/aromatic N) is 3. The molecule has 2 bridgehead atoms. The second kappa shape index (κ2) is 5.15. The monoisotopic (exact) mass is 274 g/mol. The van der Waals surface area contributed by atoms with Gasteiger partial charge in [-0.15, -0.1) is 0 Å². The Morgan fingerprint density at radius 1 is 1.30 bits per heavy atom. The molecule has 1 N–H and O–H groups in total. The van der Waals surface area contributed by atoms with Crippen LogP contribution in [0.15, 0.2) is 0 Å². The first-order valence-corrected chi connectivity index (χ1v) is 8.35. The molecule has 4 nitrogen and oxygen atoms in total. The molecule has 1 aromatic heterocycles. The SMILES string of the molecule is CCc1n[nH]c2c1CN(CCN1C[C@H]3CC[C@@H]1C3)CC2. The van der Waals surface area contributed by atoms with Gasteiger partial charge in [0.1, 0.15) is 0 Å². The highest BCUT2D eigenvalue weighted by Crippen LogP contribution is 2.37. The molecule has 0 amide bonds. The number of hydrogen-bond acceptors (Lipinski definition) is 3. The summed E-state index contributed by atoms with van der Waals surface area (Å²) in [7, 11) is 0. The summed E-state index contributed by atoms with van der Waals surface area (Å²) in [6.07, 6.45) is 6.62. The molecule has 0 unspecified atom stereocenters. The van der Waals surface area contributed by atoms with Crippen molar-refractivity contribution in [1.82, 2.24) is 20.0 Å². The zero-order valence-corrected chi connectivity index (χ0v) is 12.6. The molecule has 4 heteroatoms. The van der Waals surface area contributed by atoms with Gasteiger partial charge in [-0.05, 0) is 31.6 Å². The minimum absolute atomic E-state index is 0.917. The number of hydrogen-bond donors (Lipinski definition) is 1. The van der Waals surface area contributed by atoms with Gasteiger partial charge in [0, 0.05) is 56.4 Å². The van der Waals surface area contributed by atoms with Crippen LogP contribution in [0.1, 0.15) is 43.1 Å². The normalized spacial score (nSPS) is 30.1. The van der Waals surface area contributed by atoms with Gasteiger partial charge in [-0.25, -0.2) is 0 Å². The first-order chi connectivity index (χ1) is 9.83. The Balaban J connectivity index is 1.34. The van der Waals surface area contributed by atoms with Gasteiger partial charge in [0.15, 0.2) is 0 Å². The third kappa shape index (κ3) is 2.19. The summed E-state index contributed by atoms with van der Waals surface area (Å²) < 4.78 is 0. The quantitative estimate of drug-likeness (QED) is 0.909. The topological polar surface area (TPSA) is 35.2 Å². The highest BCUT2D eigenvalue weighted by molar-refractivity contribution is 5.27. The molecule has 0 spiro atoms. The third-order valence-corrected chi connectivity index (χ3v) is 5.66. The lowest BCUT2D eigenvalue weighted by Gasteiger charge is -2.32. The van der Waals surface area contributed by atoms with E-state index in [2.05, 4.69) is 26.9 Å². The molecule has 2 atom stereocenters. The molecule has 2 aliphatic heterocycles. The van der Waals surface area contributed by atoms with Crippen LogP contribution in [0.5, 0.6) is 0 Å². The van der Waals surface area contributed by atoms with E-state index in [0.29, 0.717) is 0 Å². The second-order valence-electron chi connectivity index (χ2n) is 6.83. The first-order valence-electron chi connectivity index (χ1n) is 8.35. The van der Waals surface area contributed by atoms with E-state index in [0.717, 1.165) is 31.3 Å². The lowest BCUT2D eigenvalue weighted by atomic mass is 10.0. The minimum Gasteiger partial charge on any atom is -0.299 e. The van der Waals surface area contributed by atoms with E-state index in [9.17, 15) is 0 Å². The van der Waals surface area contributed by atoms with Crippen LogP contribution in [0, 0.1) is 5.92 Å². The first kappa shape index (κ1) is 12.8. The van der Waals surface area contributed by atoms with E-state index in [1.807, 2.05) is 0 Å². The Kier molecular flexibility index (Phi) is 3.31. The number of likely N-dealkylation sites (tertiary alicyclic amines) is 1. The van der Waals surface area contributed by atoms with Gasteiger partial charge in [-0.3, -0.25) is 14.9 Å². The predicted molar refractivity (Wildman–Crippen MR) is 79.6 cm³/mol. The summed E-state index contributed by atoms with van der Waals surface area (Å²) >= 11 is 0. The summed E-state index contributed by atoms with van der Waals surface area (Å²) in [5.41, 5.74) is 4.16. The number of nitrogens with one attached hydrogen (secondary N) is 1. The highest BCUT2D eigenvalue weighted by Gasteiger charge is 2.37. The van der Waals surface area contributed by atoms with E-state index >= 15 is 0 Å². The molecule has 1 aliphatic carbocycles. The Morgan fingerprint density at radius 2 is 2.25 bits per heavy atom. The lowest BCUT2D eigenvalue weighted by molar-refractivity contribution is 0.164. The molecule has 0 radical (unpaired) electrons. The van der Waals surface area contributed by atoms with Crippen molar-refractivity contribution in [2.75, 3.05) is 26.2 Å². The van der Waals surface area contributed by atoms with Crippen LogP contribution in [-0.2, 0) is 19.4 Å². The van der Waals surface area contributed by atoms with Crippen molar-refractivity contribution in [3.8, 4) is 0 Å². The van der Waals surface area contributed by atoms with Crippen LogP contribution in [0.3, 0.4) is 0 Å². The molecular formula is C16H26N4. The molecule has 110 valence electrons. The predicted octanol–water partition coefficient (Wildman–Crippen LogP) is 1.81. The van der Waals surface area contributed by atoms with E-state index in [-0.39, 0.29) is 0 Å². The second-order valence-corrected chi connectivity index (χ2v) is 6.83. The summed E-state index contributed by atoms with van der Waals surface area (Å²) in [4.78, 5) is 5.38. The van der Waals surface area contributed by atoms with Crippen LogP contribution in [0.25, 0.3) is 0 Å².